The predicted octanol–water partition coefficient (Wildman–Crippen LogP) is 4.86. The zero-order valence-corrected chi connectivity index (χ0v) is 15.4. The van der Waals surface area contributed by atoms with E-state index in [4.69, 9.17) is 0 Å². The summed E-state index contributed by atoms with van der Waals surface area (Å²) in [7, 11) is 0. The van der Waals surface area contributed by atoms with E-state index in [2.05, 4.69) is 91.7 Å². The lowest BCUT2D eigenvalue weighted by molar-refractivity contribution is 0.162. The van der Waals surface area contributed by atoms with Crippen molar-refractivity contribution in [2.75, 3.05) is 6.54 Å². The molecule has 0 saturated heterocycles. The smallest absolute Gasteiger partial charge is 0.0240 e. The summed E-state index contributed by atoms with van der Waals surface area (Å²) in [6.07, 6.45) is 2.43. The van der Waals surface area contributed by atoms with Gasteiger partial charge in [0.25, 0.3) is 0 Å². The molecule has 0 bridgehead atoms. The van der Waals surface area contributed by atoms with E-state index in [-0.39, 0.29) is 0 Å². The lowest BCUT2D eigenvalue weighted by Gasteiger charge is -2.33. The Balaban J connectivity index is 2.14. The molecular formula is C22H32N2. The molecule has 0 aliphatic heterocycles. The average Bonchev–Trinajstić information content (AvgIpc) is 2.60. The first-order valence-electron chi connectivity index (χ1n) is 9.24. The van der Waals surface area contributed by atoms with Gasteiger partial charge in [0.05, 0.1) is 0 Å². The molecule has 2 rings (SSSR count). The summed E-state index contributed by atoms with van der Waals surface area (Å²) in [6.45, 7) is 9.78. The van der Waals surface area contributed by atoms with Gasteiger partial charge in [0.2, 0.25) is 0 Å². The molecule has 0 heterocycles. The molecule has 0 fully saturated rings. The zero-order valence-electron chi connectivity index (χ0n) is 15.4. The number of nitrogens with one attached hydrogen (secondary N) is 1. The standard InChI is InChI=1S/C22H32N2/c1-4-11-22(16-23-19(2)3)24(17-20-12-7-5-8-13-20)18-21-14-9-6-10-15-21/h5-10,12-15,19,22-23H,4,11,16-18H2,1-3H3. The van der Waals surface area contributed by atoms with Crippen LogP contribution in [-0.2, 0) is 13.1 Å². The Kier molecular flexibility index (Phi) is 8.00. The molecule has 130 valence electrons. The minimum atomic E-state index is 0.527. The van der Waals surface area contributed by atoms with E-state index in [0.717, 1.165) is 19.6 Å². The van der Waals surface area contributed by atoms with Crippen molar-refractivity contribution < 1.29 is 0 Å². The van der Waals surface area contributed by atoms with Crippen LogP contribution in [0.5, 0.6) is 0 Å². The van der Waals surface area contributed by atoms with Crippen LogP contribution >= 0.6 is 0 Å². The largest absolute Gasteiger partial charge is 0.313 e. The summed E-state index contributed by atoms with van der Waals surface area (Å²) in [5.74, 6) is 0. The van der Waals surface area contributed by atoms with Gasteiger partial charge in [-0.2, -0.15) is 0 Å². The van der Waals surface area contributed by atoms with E-state index < -0.39 is 0 Å². The monoisotopic (exact) mass is 324 g/mol. The zero-order chi connectivity index (χ0) is 17.2. The molecule has 0 aliphatic rings. The third-order valence-electron chi connectivity index (χ3n) is 4.36. The van der Waals surface area contributed by atoms with Gasteiger partial charge < -0.3 is 5.32 Å². The van der Waals surface area contributed by atoms with Crippen LogP contribution in [0.25, 0.3) is 0 Å². The van der Waals surface area contributed by atoms with Crippen molar-refractivity contribution in [3.05, 3.63) is 71.8 Å². The first-order chi connectivity index (χ1) is 11.7. The highest BCUT2D eigenvalue weighted by Gasteiger charge is 2.18. The van der Waals surface area contributed by atoms with Gasteiger partial charge >= 0.3 is 0 Å². The highest BCUT2D eigenvalue weighted by atomic mass is 15.2. The van der Waals surface area contributed by atoms with Gasteiger partial charge in [-0.1, -0.05) is 87.9 Å². The quantitative estimate of drug-likeness (QED) is 0.671. The Bertz CT molecular complexity index is 509. The fourth-order valence-corrected chi connectivity index (χ4v) is 3.07. The molecule has 2 aromatic rings. The SMILES string of the molecule is CCCC(CNC(C)C)N(Cc1ccccc1)Cc1ccccc1. The maximum absolute atomic E-state index is 3.64. The fraction of sp³-hybridized carbons (Fsp3) is 0.455. The van der Waals surface area contributed by atoms with Crippen molar-refractivity contribution in [1.29, 1.82) is 0 Å². The number of hydrogen-bond donors (Lipinski definition) is 1. The number of nitrogens with zero attached hydrogens (tertiary/aromatic N) is 1. The second-order valence-corrected chi connectivity index (χ2v) is 6.88. The molecule has 2 heteroatoms. The molecule has 2 nitrogen and oxygen atoms in total. The lowest BCUT2D eigenvalue weighted by atomic mass is 10.1. The van der Waals surface area contributed by atoms with E-state index in [1.807, 2.05) is 0 Å². The molecule has 0 saturated carbocycles. The maximum Gasteiger partial charge on any atom is 0.0240 e. The van der Waals surface area contributed by atoms with Crippen molar-refractivity contribution >= 4 is 0 Å². The van der Waals surface area contributed by atoms with Gasteiger partial charge in [-0.3, -0.25) is 4.90 Å². The van der Waals surface area contributed by atoms with E-state index in [9.17, 15) is 0 Å². The van der Waals surface area contributed by atoms with Crippen LogP contribution in [0, 0.1) is 0 Å². The Hall–Kier alpha value is -1.64. The van der Waals surface area contributed by atoms with E-state index in [0.29, 0.717) is 12.1 Å². The van der Waals surface area contributed by atoms with Gasteiger partial charge in [-0.05, 0) is 17.5 Å². The summed E-state index contributed by atoms with van der Waals surface area (Å²) in [6, 6.07) is 22.7. The number of benzene rings is 2. The van der Waals surface area contributed by atoms with Gasteiger partial charge in [0.15, 0.2) is 0 Å². The van der Waals surface area contributed by atoms with Crippen molar-refractivity contribution in [2.24, 2.45) is 0 Å². The van der Waals surface area contributed by atoms with Gasteiger partial charge in [-0.15, -0.1) is 0 Å². The van der Waals surface area contributed by atoms with E-state index >= 15 is 0 Å². The second-order valence-electron chi connectivity index (χ2n) is 6.88. The minimum Gasteiger partial charge on any atom is -0.313 e. The third-order valence-corrected chi connectivity index (χ3v) is 4.36. The molecule has 0 amide bonds. The van der Waals surface area contributed by atoms with Crippen LogP contribution in [0.2, 0.25) is 0 Å². The maximum atomic E-state index is 3.64. The van der Waals surface area contributed by atoms with Crippen LogP contribution in [0.3, 0.4) is 0 Å². The molecular weight excluding hydrogens is 292 g/mol. The number of hydrogen-bond acceptors (Lipinski definition) is 2. The van der Waals surface area contributed by atoms with Crippen molar-refractivity contribution in [2.45, 2.75) is 58.8 Å². The van der Waals surface area contributed by atoms with Gasteiger partial charge in [0.1, 0.15) is 0 Å². The Morgan fingerprint density at radius 1 is 0.833 bits per heavy atom. The molecule has 0 spiro atoms. The second kappa shape index (κ2) is 10.3. The van der Waals surface area contributed by atoms with Gasteiger partial charge in [-0.25, -0.2) is 0 Å². The average molecular weight is 325 g/mol. The van der Waals surface area contributed by atoms with Crippen LogP contribution in [0.1, 0.15) is 44.7 Å². The molecule has 1 N–H and O–H groups in total. The van der Waals surface area contributed by atoms with Crippen molar-refractivity contribution in [3.8, 4) is 0 Å². The van der Waals surface area contributed by atoms with Crippen LogP contribution < -0.4 is 5.32 Å². The molecule has 0 radical (unpaired) electrons. The molecule has 1 unspecified atom stereocenters. The highest BCUT2D eigenvalue weighted by Crippen LogP contribution is 2.16. The summed E-state index contributed by atoms with van der Waals surface area (Å²) >= 11 is 0. The Labute approximate surface area is 147 Å². The Morgan fingerprint density at radius 2 is 1.33 bits per heavy atom. The topological polar surface area (TPSA) is 15.3 Å². The van der Waals surface area contributed by atoms with Crippen LogP contribution in [0.15, 0.2) is 60.7 Å². The van der Waals surface area contributed by atoms with E-state index in [1.54, 1.807) is 0 Å². The third kappa shape index (κ3) is 6.46. The normalized spacial score (nSPS) is 12.7. The minimum absolute atomic E-state index is 0.527. The van der Waals surface area contributed by atoms with E-state index in [1.165, 1.54) is 24.0 Å². The summed E-state index contributed by atoms with van der Waals surface area (Å²) in [5, 5.41) is 3.64. The van der Waals surface area contributed by atoms with Crippen LogP contribution in [0.4, 0.5) is 0 Å². The summed E-state index contributed by atoms with van der Waals surface area (Å²) in [5.41, 5.74) is 2.78. The Morgan fingerprint density at radius 3 is 1.75 bits per heavy atom. The van der Waals surface area contributed by atoms with Crippen molar-refractivity contribution in [3.63, 3.8) is 0 Å². The molecule has 2 aromatic carbocycles. The lowest BCUT2D eigenvalue weighted by Crippen LogP contribution is -2.43. The molecule has 0 aliphatic carbocycles. The predicted molar refractivity (Wildman–Crippen MR) is 104 cm³/mol. The summed E-state index contributed by atoms with van der Waals surface area (Å²) < 4.78 is 0. The molecule has 24 heavy (non-hydrogen) atoms. The summed E-state index contributed by atoms with van der Waals surface area (Å²) in [4.78, 5) is 2.63. The van der Waals surface area contributed by atoms with Crippen molar-refractivity contribution in [1.82, 2.24) is 10.2 Å². The first kappa shape index (κ1) is 18.7. The molecule has 0 aromatic heterocycles. The first-order valence-corrected chi connectivity index (χ1v) is 9.24. The van der Waals surface area contributed by atoms with Gasteiger partial charge in [0, 0.05) is 31.7 Å². The number of rotatable bonds is 10. The molecule has 1 atom stereocenters. The highest BCUT2D eigenvalue weighted by molar-refractivity contribution is 5.17. The fourth-order valence-electron chi connectivity index (χ4n) is 3.07. The van der Waals surface area contributed by atoms with Crippen LogP contribution in [-0.4, -0.2) is 23.5 Å².